The van der Waals surface area contributed by atoms with Crippen LogP contribution in [0.25, 0.3) is 0 Å². The number of furan rings is 1. The van der Waals surface area contributed by atoms with Gasteiger partial charge in [0.1, 0.15) is 5.82 Å². The van der Waals surface area contributed by atoms with Crippen LogP contribution in [0.15, 0.2) is 52.5 Å². The first kappa shape index (κ1) is 15.9. The number of hydrogen-bond acceptors (Lipinski definition) is 5. The summed E-state index contributed by atoms with van der Waals surface area (Å²) >= 11 is 1.20. The molecular formula is C16H12FN3O3S. The van der Waals surface area contributed by atoms with E-state index in [2.05, 4.69) is 15.6 Å². The van der Waals surface area contributed by atoms with Crippen molar-refractivity contribution in [2.75, 3.05) is 10.6 Å². The van der Waals surface area contributed by atoms with E-state index in [9.17, 15) is 14.0 Å². The molecule has 0 aliphatic heterocycles. The Hall–Kier alpha value is -3.00. The van der Waals surface area contributed by atoms with E-state index >= 15 is 0 Å². The highest BCUT2D eigenvalue weighted by Gasteiger charge is 2.13. The van der Waals surface area contributed by atoms with Crippen LogP contribution in [0.5, 0.6) is 0 Å². The van der Waals surface area contributed by atoms with Crippen molar-refractivity contribution in [3.8, 4) is 0 Å². The number of nitrogens with one attached hydrogen (secondary N) is 2. The number of benzene rings is 1. The minimum atomic E-state index is -0.426. The topological polar surface area (TPSA) is 84.2 Å². The number of rotatable bonds is 5. The standard InChI is InChI=1S/C16H12FN3O3S/c17-10-3-1-4-11(7-10)18-14(21)8-12-9-24-16(19-12)20-15(22)13-5-2-6-23-13/h1-7,9H,8H2,(H,18,21)(H,19,20,22). The fraction of sp³-hybridized carbons (Fsp3) is 0.0625. The van der Waals surface area contributed by atoms with Crippen LogP contribution in [0.1, 0.15) is 16.2 Å². The van der Waals surface area contributed by atoms with Crippen LogP contribution in [-0.2, 0) is 11.2 Å². The first-order chi connectivity index (χ1) is 11.6. The Morgan fingerprint density at radius 1 is 1.21 bits per heavy atom. The van der Waals surface area contributed by atoms with Gasteiger partial charge in [0.25, 0.3) is 5.91 Å². The molecule has 0 saturated carbocycles. The summed E-state index contributed by atoms with van der Waals surface area (Å²) in [5.74, 6) is -0.986. The summed E-state index contributed by atoms with van der Waals surface area (Å²) in [6.07, 6.45) is 1.42. The molecule has 0 bridgehead atoms. The van der Waals surface area contributed by atoms with Gasteiger partial charge in [0.05, 0.1) is 18.4 Å². The van der Waals surface area contributed by atoms with E-state index < -0.39 is 11.7 Å². The van der Waals surface area contributed by atoms with Gasteiger partial charge in [0, 0.05) is 11.1 Å². The molecule has 2 heterocycles. The van der Waals surface area contributed by atoms with Crippen molar-refractivity contribution >= 4 is 34.0 Å². The lowest BCUT2D eigenvalue weighted by Gasteiger charge is -2.03. The van der Waals surface area contributed by atoms with Gasteiger partial charge in [-0.05, 0) is 30.3 Å². The molecular weight excluding hydrogens is 333 g/mol. The Morgan fingerprint density at radius 2 is 2.08 bits per heavy atom. The lowest BCUT2D eigenvalue weighted by atomic mass is 10.3. The van der Waals surface area contributed by atoms with E-state index in [0.717, 1.165) is 0 Å². The average molecular weight is 345 g/mol. The van der Waals surface area contributed by atoms with Gasteiger partial charge in [-0.1, -0.05) is 6.07 Å². The smallest absolute Gasteiger partial charge is 0.293 e. The number of carbonyl (C=O) groups is 2. The molecule has 0 radical (unpaired) electrons. The highest BCUT2D eigenvalue weighted by molar-refractivity contribution is 7.14. The summed E-state index contributed by atoms with van der Waals surface area (Å²) in [7, 11) is 0. The van der Waals surface area contributed by atoms with Gasteiger partial charge in [-0.3, -0.25) is 14.9 Å². The molecule has 0 fully saturated rings. The first-order valence-corrected chi connectivity index (χ1v) is 7.83. The quantitative estimate of drug-likeness (QED) is 0.743. The van der Waals surface area contributed by atoms with Crippen molar-refractivity contribution in [1.82, 2.24) is 4.98 Å². The Labute approximate surface area is 140 Å². The molecule has 0 spiro atoms. The Morgan fingerprint density at radius 3 is 2.83 bits per heavy atom. The molecule has 24 heavy (non-hydrogen) atoms. The van der Waals surface area contributed by atoms with Gasteiger partial charge in [-0.15, -0.1) is 11.3 Å². The van der Waals surface area contributed by atoms with E-state index in [1.165, 1.54) is 41.9 Å². The lowest BCUT2D eigenvalue weighted by molar-refractivity contribution is -0.115. The van der Waals surface area contributed by atoms with Gasteiger partial charge in [-0.25, -0.2) is 9.37 Å². The van der Waals surface area contributed by atoms with Crippen LogP contribution < -0.4 is 10.6 Å². The van der Waals surface area contributed by atoms with E-state index in [1.54, 1.807) is 17.5 Å². The summed E-state index contributed by atoms with van der Waals surface area (Å²) < 4.78 is 18.1. The van der Waals surface area contributed by atoms with Gasteiger partial charge in [0.2, 0.25) is 5.91 Å². The monoisotopic (exact) mass is 345 g/mol. The third kappa shape index (κ3) is 4.05. The van der Waals surface area contributed by atoms with Crippen molar-refractivity contribution in [1.29, 1.82) is 0 Å². The van der Waals surface area contributed by atoms with Crippen molar-refractivity contribution < 1.29 is 18.4 Å². The molecule has 1 aromatic carbocycles. The zero-order chi connectivity index (χ0) is 16.9. The van der Waals surface area contributed by atoms with Crippen LogP contribution in [0.2, 0.25) is 0 Å². The molecule has 8 heteroatoms. The summed E-state index contributed by atoms with van der Waals surface area (Å²) in [4.78, 5) is 27.9. The average Bonchev–Trinajstić information content (AvgIpc) is 3.19. The predicted octanol–water partition coefficient (Wildman–Crippen LogP) is 3.31. The number of thiazole rings is 1. The second kappa shape index (κ2) is 7.05. The third-order valence-electron chi connectivity index (χ3n) is 2.97. The fourth-order valence-corrected chi connectivity index (χ4v) is 2.65. The molecule has 6 nitrogen and oxygen atoms in total. The number of amides is 2. The predicted molar refractivity (Wildman–Crippen MR) is 87.5 cm³/mol. The molecule has 0 unspecified atom stereocenters. The second-order valence-electron chi connectivity index (χ2n) is 4.81. The third-order valence-corrected chi connectivity index (χ3v) is 3.77. The number of halogens is 1. The molecule has 2 N–H and O–H groups in total. The minimum Gasteiger partial charge on any atom is -0.459 e. The van der Waals surface area contributed by atoms with Crippen molar-refractivity contribution in [3.05, 3.63) is 65.3 Å². The molecule has 0 atom stereocenters. The zero-order valence-electron chi connectivity index (χ0n) is 12.3. The van der Waals surface area contributed by atoms with Gasteiger partial charge < -0.3 is 9.73 Å². The highest BCUT2D eigenvalue weighted by atomic mass is 32.1. The number of aromatic nitrogens is 1. The molecule has 2 aromatic heterocycles. The maximum atomic E-state index is 13.1. The van der Waals surface area contributed by atoms with Crippen molar-refractivity contribution in [3.63, 3.8) is 0 Å². The highest BCUT2D eigenvalue weighted by Crippen LogP contribution is 2.18. The Balaban J connectivity index is 1.57. The lowest BCUT2D eigenvalue weighted by Crippen LogP contribution is -2.15. The Bertz CT molecular complexity index is 861. The number of anilines is 2. The first-order valence-electron chi connectivity index (χ1n) is 6.95. The summed E-state index contributed by atoms with van der Waals surface area (Å²) in [5.41, 5.74) is 0.880. The van der Waals surface area contributed by atoms with Gasteiger partial charge >= 0.3 is 0 Å². The number of hydrogen-bond donors (Lipinski definition) is 2. The van der Waals surface area contributed by atoms with E-state index in [1.807, 2.05) is 0 Å². The molecule has 0 aliphatic carbocycles. The van der Waals surface area contributed by atoms with Crippen LogP contribution >= 0.6 is 11.3 Å². The zero-order valence-corrected chi connectivity index (χ0v) is 13.1. The second-order valence-corrected chi connectivity index (χ2v) is 5.67. The largest absolute Gasteiger partial charge is 0.459 e. The normalized spacial score (nSPS) is 10.4. The van der Waals surface area contributed by atoms with E-state index in [-0.39, 0.29) is 18.1 Å². The van der Waals surface area contributed by atoms with Gasteiger partial charge in [-0.2, -0.15) is 0 Å². The number of carbonyl (C=O) groups excluding carboxylic acids is 2. The van der Waals surface area contributed by atoms with Crippen LogP contribution in [-0.4, -0.2) is 16.8 Å². The molecule has 0 aliphatic rings. The Kier molecular flexibility index (Phi) is 4.66. The molecule has 2 amide bonds. The van der Waals surface area contributed by atoms with Crippen molar-refractivity contribution in [2.24, 2.45) is 0 Å². The van der Waals surface area contributed by atoms with E-state index in [4.69, 9.17) is 4.42 Å². The van der Waals surface area contributed by atoms with Crippen molar-refractivity contribution in [2.45, 2.75) is 6.42 Å². The van der Waals surface area contributed by atoms with Crippen LogP contribution in [0, 0.1) is 5.82 Å². The summed E-state index contributed by atoms with van der Waals surface area (Å²) in [6.45, 7) is 0. The van der Waals surface area contributed by atoms with Crippen LogP contribution in [0.4, 0.5) is 15.2 Å². The maximum absolute atomic E-state index is 13.1. The molecule has 3 aromatic rings. The molecule has 122 valence electrons. The maximum Gasteiger partial charge on any atom is 0.293 e. The SMILES string of the molecule is O=C(Cc1csc(NC(=O)c2ccco2)n1)Nc1cccc(F)c1. The summed E-state index contributed by atoms with van der Waals surface area (Å²) in [5, 5.41) is 7.21. The summed E-state index contributed by atoms with van der Waals surface area (Å²) in [6, 6.07) is 8.78. The molecule has 0 saturated heterocycles. The molecule has 3 rings (SSSR count). The fourth-order valence-electron chi connectivity index (χ4n) is 1.95. The van der Waals surface area contributed by atoms with E-state index in [0.29, 0.717) is 16.5 Å². The van der Waals surface area contributed by atoms with Gasteiger partial charge in [0.15, 0.2) is 10.9 Å². The number of nitrogens with zero attached hydrogens (tertiary/aromatic N) is 1. The minimum absolute atomic E-state index is 0.0175. The van der Waals surface area contributed by atoms with Crippen LogP contribution in [0.3, 0.4) is 0 Å².